The zero-order valence-corrected chi connectivity index (χ0v) is 12.6. The third kappa shape index (κ3) is 2.87. The van der Waals surface area contributed by atoms with Gasteiger partial charge < -0.3 is 9.72 Å². The summed E-state index contributed by atoms with van der Waals surface area (Å²) in [5.41, 5.74) is 1.26. The number of H-pyrrole nitrogens is 1. The molecule has 0 aliphatic rings. The lowest BCUT2D eigenvalue weighted by Crippen LogP contribution is -2.10. The fraction of sp³-hybridized carbons (Fsp3) is 0.0588. The summed E-state index contributed by atoms with van der Waals surface area (Å²) < 4.78 is 5.17. The average Bonchev–Trinajstić information content (AvgIpc) is 2.55. The topological polar surface area (TPSA) is 55.0 Å². The highest BCUT2D eigenvalue weighted by Gasteiger charge is 2.06. The van der Waals surface area contributed by atoms with Gasteiger partial charge in [0.25, 0.3) is 5.56 Å². The van der Waals surface area contributed by atoms with Gasteiger partial charge in [-0.3, -0.25) is 4.79 Å². The molecule has 1 N–H and O–H groups in total. The van der Waals surface area contributed by atoms with Crippen LogP contribution in [0.2, 0.25) is 0 Å². The molecule has 3 rings (SSSR count). The lowest BCUT2D eigenvalue weighted by atomic mass is 10.2. The quantitative estimate of drug-likeness (QED) is 0.803. The maximum absolute atomic E-state index is 12.1. The molecule has 1 heterocycles. The first-order valence-corrected chi connectivity index (χ1v) is 7.06. The Morgan fingerprint density at radius 3 is 2.86 bits per heavy atom. The van der Waals surface area contributed by atoms with Crippen LogP contribution in [0, 0.1) is 0 Å². The molecule has 0 radical (unpaired) electrons. The highest BCUT2D eigenvalue weighted by Crippen LogP contribution is 2.22. The number of aromatic amines is 1. The second-order valence-corrected chi connectivity index (χ2v) is 5.11. The fourth-order valence-corrected chi connectivity index (χ4v) is 2.36. The molecule has 0 fully saturated rings. The molecule has 0 spiro atoms. The fourth-order valence-electron chi connectivity index (χ4n) is 2.15. The second kappa shape index (κ2) is 6.03. The maximum atomic E-state index is 12.1. The van der Waals surface area contributed by atoms with Crippen molar-refractivity contribution >= 4 is 33.6 Å². The van der Waals surface area contributed by atoms with Crippen LogP contribution in [0.5, 0.6) is 5.75 Å². The van der Waals surface area contributed by atoms with Crippen LogP contribution < -0.4 is 10.3 Å². The summed E-state index contributed by atoms with van der Waals surface area (Å²) in [5.74, 6) is 1.08. The predicted molar refractivity (Wildman–Crippen MR) is 89.1 cm³/mol. The Hall–Kier alpha value is -2.59. The summed E-state index contributed by atoms with van der Waals surface area (Å²) in [6.07, 6.45) is 1.73. The molecule has 0 saturated heterocycles. The van der Waals surface area contributed by atoms with Crippen LogP contribution >= 0.6 is 11.6 Å². The Balaban J connectivity index is 2.06. The number of hydrogen-bond donors (Lipinski definition) is 1. The molecule has 0 aliphatic carbocycles. The van der Waals surface area contributed by atoms with Crippen molar-refractivity contribution in [1.82, 2.24) is 9.97 Å². The number of ether oxygens (including phenoxy) is 1. The molecular weight excluding hydrogens is 300 g/mol. The Kier molecular flexibility index (Phi) is 3.94. The molecule has 0 aliphatic heterocycles. The van der Waals surface area contributed by atoms with E-state index in [1.807, 2.05) is 30.3 Å². The Labute approximate surface area is 132 Å². The van der Waals surface area contributed by atoms with Crippen LogP contribution in [-0.2, 0) is 0 Å². The van der Waals surface area contributed by atoms with Gasteiger partial charge in [-0.2, -0.15) is 0 Å². The van der Waals surface area contributed by atoms with E-state index in [-0.39, 0.29) is 5.56 Å². The molecule has 4 nitrogen and oxygen atoms in total. The molecule has 0 amide bonds. The van der Waals surface area contributed by atoms with Crippen LogP contribution in [0.4, 0.5) is 0 Å². The second-order valence-electron chi connectivity index (χ2n) is 4.70. The first kappa shape index (κ1) is 14.4. The van der Waals surface area contributed by atoms with Crippen molar-refractivity contribution in [2.45, 2.75) is 0 Å². The van der Waals surface area contributed by atoms with E-state index in [9.17, 15) is 4.79 Å². The summed E-state index contributed by atoms with van der Waals surface area (Å²) in [7, 11) is 1.60. The van der Waals surface area contributed by atoms with Gasteiger partial charge in [-0.05, 0) is 35.9 Å². The zero-order chi connectivity index (χ0) is 15.5. The van der Waals surface area contributed by atoms with Crippen molar-refractivity contribution in [3.63, 3.8) is 0 Å². The van der Waals surface area contributed by atoms with E-state index in [1.54, 1.807) is 31.4 Å². The SMILES string of the molecule is COc1cccc(/C=C(/Cl)c2nc3ccccc3c(=O)[nH]2)c1. The average molecular weight is 313 g/mol. The van der Waals surface area contributed by atoms with E-state index in [4.69, 9.17) is 16.3 Å². The van der Waals surface area contributed by atoms with Gasteiger partial charge in [-0.25, -0.2) is 4.98 Å². The van der Waals surface area contributed by atoms with Crippen molar-refractivity contribution in [3.05, 3.63) is 70.3 Å². The van der Waals surface area contributed by atoms with Crippen molar-refractivity contribution in [1.29, 1.82) is 0 Å². The van der Waals surface area contributed by atoms with Gasteiger partial charge in [-0.1, -0.05) is 35.9 Å². The molecule has 22 heavy (non-hydrogen) atoms. The Morgan fingerprint density at radius 1 is 1.23 bits per heavy atom. The molecule has 0 saturated carbocycles. The summed E-state index contributed by atoms with van der Waals surface area (Å²) in [6, 6.07) is 14.6. The van der Waals surface area contributed by atoms with Gasteiger partial charge in [-0.15, -0.1) is 0 Å². The minimum absolute atomic E-state index is 0.210. The molecule has 1 aromatic heterocycles. The highest BCUT2D eigenvalue weighted by molar-refractivity contribution is 6.50. The van der Waals surface area contributed by atoms with Crippen molar-refractivity contribution < 1.29 is 4.74 Å². The molecule has 0 unspecified atom stereocenters. The lowest BCUT2D eigenvalue weighted by Gasteiger charge is -2.03. The summed E-state index contributed by atoms with van der Waals surface area (Å²) in [4.78, 5) is 19.1. The number of benzene rings is 2. The first-order valence-electron chi connectivity index (χ1n) is 6.68. The number of fused-ring (bicyclic) bond motifs is 1. The summed E-state index contributed by atoms with van der Waals surface area (Å²) >= 11 is 6.30. The molecule has 0 bridgehead atoms. The largest absolute Gasteiger partial charge is 0.497 e. The molecular formula is C17H13ClN2O2. The zero-order valence-electron chi connectivity index (χ0n) is 11.8. The normalized spacial score (nSPS) is 11.6. The van der Waals surface area contributed by atoms with E-state index in [0.29, 0.717) is 21.8 Å². The minimum Gasteiger partial charge on any atom is -0.497 e. The third-order valence-corrected chi connectivity index (χ3v) is 3.51. The van der Waals surface area contributed by atoms with E-state index in [2.05, 4.69) is 9.97 Å². The number of aromatic nitrogens is 2. The van der Waals surface area contributed by atoms with Crippen LogP contribution in [0.1, 0.15) is 11.4 Å². The number of rotatable bonds is 3. The van der Waals surface area contributed by atoms with Crippen molar-refractivity contribution in [3.8, 4) is 5.75 Å². The number of hydrogen-bond acceptors (Lipinski definition) is 3. The van der Waals surface area contributed by atoms with Gasteiger partial charge in [0.1, 0.15) is 5.75 Å². The number of nitrogens with one attached hydrogen (secondary N) is 1. The predicted octanol–water partition coefficient (Wildman–Crippen LogP) is 3.67. The van der Waals surface area contributed by atoms with E-state index in [1.165, 1.54) is 0 Å². The van der Waals surface area contributed by atoms with Gasteiger partial charge in [0.15, 0.2) is 5.82 Å². The van der Waals surface area contributed by atoms with E-state index >= 15 is 0 Å². The number of methoxy groups -OCH3 is 1. The standard InChI is InChI=1S/C17H13ClN2O2/c1-22-12-6-4-5-11(9-12)10-14(18)16-19-15-8-3-2-7-13(15)17(21)20-16/h2-10H,1H3,(H,19,20,21)/b14-10+. The van der Waals surface area contributed by atoms with E-state index in [0.717, 1.165) is 11.3 Å². The van der Waals surface area contributed by atoms with Crippen LogP contribution in [0.3, 0.4) is 0 Å². The van der Waals surface area contributed by atoms with Crippen molar-refractivity contribution in [2.75, 3.05) is 7.11 Å². The summed E-state index contributed by atoms with van der Waals surface area (Å²) in [5, 5.41) is 0.896. The monoisotopic (exact) mass is 312 g/mol. The molecule has 2 aromatic carbocycles. The third-order valence-electron chi connectivity index (χ3n) is 3.23. The number of para-hydroxylation sites is 1. The number of halogens is 1. The molecule has 5 heteroatoms. The van der Waals surface area contributed by atoms with Gasteiger partial charge in [0.05, 0.1) is 23.0 Å². The molecule has 0 atom stereocenters. The first-order chi connectivity index (χ1) is 10.7. The highest BCUT2D eigenvalue weighted by atomic mass is 35.5. The van der Waals surface area contributed by atoms with E-state index < -0.39 is 0 Å². The lowest BCUT2D eigenvalue weighted by molar-refractivity contribution is 0.414. The maximum Gasteiger partial charge on any atom is 0.259 e. The van der Waals surface area contributed by atoms with Gasteiger partial charge in [0, 0.05) is 0 Å². The van der Waals surface area contributed by atoms with Crippen molar-refractivity contribution in [2.24, 2.45) is 0 Å². The smallest absolute Gasteiger partial charge is 0.259 e. The van der Waals surface area contributed by atoms with Crippen LogP contribution in [-0.4, -0.2) is 17.1 Å². The van der Waals surface area contributed by atoms with Crippen LogP contribution in [0.25, 0.3) is 22.0 Å². The molecule has 3 aromatic rings. The summed E-state index contributed by atoms with van der Waals surface area (Å²) in [6.45, 7) is 0. The Morgan fingerprint density at radius 2 is 2.05 bits per heavy atom. The Bertz CT molecular complexity index is 916. The minimum atomic E-state index is -0.210. The van der Waals surface area contributed by atoms with Gasteiger partial charge in [0.2, 0.25) is 0 Å². The molecule has 110 valence electrons. The van der Waals surface area contributed by atoms with Gasteiger partial charge >= 0.3 is 0 Å². The number of nitrogens with zero attached hydrogens (tertiary/aromatic N) is 1. The van der Waals surface area contributed by atoms with Crippen LogP contribution in [0.15, 0.2) is 53.3 Å².